The Morgan fingerprint density at radius 2 is 1.93 bits per heavy atom. The molecule has 1 aliphatic rings. The van der Waals surface area contributed by atoms with Crippen LogP contribution in [0.1, 0.15) is 37.3 Å². The lowest BCUT2D eigenvalue weighted by atomic mass is 9.82. The predicted molar refractivity (Wildman–Crippen MR) is 133 cm³/mol. The minimum absolute atomic E-state index is 0. The maximum absolute atomic E-state index is 11.6. The number of nitrogens with two attached hydrogens (primary N) is 1. The average molecular weight is 542 g/mol. The molecule has 2 aromatic carbocycles. The van der Waals surface area contributed by atoms with Gasteiger partial charge in [0, 0.05) is 19.6 Å². The summed E-state index contributed by atoms with van der Waals surface area (Å²) in [4.78, 5) is 7.18. The lowest BCUT2D eigenvalue weighted by Gasteiger charge is -2.39. The summed E-state index contributed by atoms with van der Waals surface area (Å²) >= 11 is 0. The summed E-state index contributed by atoms with van der Waals surface area (Å²) in [5.74, 6) is 1.94. The Balaban J connectivity index is 0.00000320. The van der Waals surface area contributed by atoms with E-state index in [0.717, 1.165) is 37.6 Å². The zero-order valence-electron chi connectivity index (χ0n) is 17.5. The number of primary sulfonamides is 1. The number of hydrogen-bond acceptors (Lipinski definition) is 3. The van der Waals surface area contributed by atoms with Crippen molar-refractivity contribution in [2.45, 2.75) is 37.6 Å². The van der Waals surface area contributed by atoms with E-state index in [4.69, 9.17) is 10.1 Å². The smallest absolute Gasteiger partial charge is 0.238 e. The van der Waals surface area contributed by atoms with Crippen molar-refractivity contribution >= 4 is 40.0 Å². The van der Waals surface area contributed by atoms with Crippen LogP contribution in [-0.2, 0) is 16.6 Å². The highest BCUT2D eigenvalue weighted by atomic mass is 127. The van der Waals surface area contributed by atoms with Crippen molar-refractivity contribution in [3.05, 3.63) is 65.7 Å². The van der Waals surface area contributed by atoms with Gasteiger partial charge in [0.05, 0.1) is 11.4 Å². The quantitative estimate of drug-likeness (QED) is 0.344. The first-order valence-corrected chi connectivity index (χ1v) is 11.6. The Morgan fingerprint density at radius 1 is 1.20 bits per heavy atom. The van der Waals surface area contributed by atoms with Gasteiger partial charge in [-0.25, -0.2) is 18.5 Å². The fraction of sp³-hybridized carbons (Fsp3) is 0.409. The van der Waals surface area contributed by atoms with Crippen molar-refractivity contribution in [2.24, 2.45) is 16.0 Å². The zero-order valence-corrected chi connectivity index (χ0v) is 20.6. The first kappa shape index (κ1) is 24.6. The molecule has 1 aliphatic heterocycles. The molecule has 164 valence electrons. The van der Waals surface area contributed by atoms with Crippen LogP contribution in [0.5, 0.6) is 0 Å². The molecule has 6 nitrogen and oxygen atoms in total. The summed E-state index contributed by atoms with van der Waals surface area (Å²) in [6.45, 7) is 7.40. The number of aliphatic imine (C=N–C) groups is 1. The lowest BCUT2D eigenvalue weighted by Crippen LogP contribution is -2.48. The van der Waals surface area contributed by atoms with Gasteiger partial charge in [-0.05, 0) is 48.4 Å². The minimum atomic E-state index is -3.71. The van der Waals surface area contributed by atoms with Crippen LogP contribution in [0, 0.1) is 5.92 Å². The largest absolute Gasteiger partial charge is 0.357 e. The Bertz CT molecular complexity index is 951. The van der Waals surface area contributed by atoms with E-state index in [2.05, 4.69) is 54.4 Å². The van der Waals surface area contributed by atoms with E-state index in [0.29, 0.717) is 18.4 Å². The number of sulfonamides is 1. The van der Waals surface area contributed by atoms with Crippen molar-refractivity contribution in [1.82, 2.24) is 10.2 Å². The molecule has 0 amide bonds. The predicted octanol–water partition coefficient (Wildman–Crippen LogP) is 3.54. The van der Waals surface area contributed by atoms with E-state index >= 15 is 0 Å². The van der Waals surface area contributed by atoms with Gasteiger partial charge in [-0.15, -0.1) is 24.0 Å². The number of guanidine groups is 1. The van der Waals surface area contributed by atoms with Gasteiger partial charge in [-0.1, -0.05) is 49.4 Å². The second-order valence-electron chi connectivity index (χ2n) is 7.59. The molecule has 30 heavy (non-hydrogen) atoms. The summed E-state index contributed by atoms with van der Waals surface area (Å²) in [5.41, 5.74) is 2.22. The van der Waals surface area contributed by atoms with Gasteiger partial charge in [-0.2, -0.15) is 0 Å². The molecule has 1 saturated heterocycles. The summed E-state index contributed by atoms with van der Waals surface area (Å²) in [6, 6.07) is 17.4. The Morgan fingerprint density at radius 3 is 2.57 bits per heavy atom. The van der Waals surface area contributed by atoms with Gasteiger partial charge in [0.1, 0.15) is 0 Å². The van der Waals surface area contributed by atoms with E-state index < -0.39 is 10.0 Å². The Labute approximate surface area is 197 Å². The molecule has 2 aromatic rings. The maximum Gasteiger partial charge on any atom is 0.238 e. The first-order valence-electron chi connectivity index (χ1n) is 10.1. The molecular weight excluding hydrogens is 511 g/mol. The third kappa shape index (κ3) is 6.42. The second-order valence-corrected chi connectivity index (χ2v) is 9.15. The molecular formula is C22H31IN4O2S. The monoisotopic (exact) mass is 542 g/mol. The summed E-state index contributed by atoms with van der Waals surface area (Å²) < 4.78 is 23.2. The van der Waals surface area contributed by atoms with Crippen LogP contribution in [-0.4, -0.2) is 38.9 Å². The molecule has 0 bridgehead atoms. The summed E-state index contributed by atoms with van der Waals surface area (Å²) in [6.07, 6.45) is 1.08. The molecule has 2 unspecified atom stereocenters. The number of rotatable bonds is 5. The summed E-state index contributed by atoms with van der Waals surface area (Å²) in [5, 5.41) is 8.61. The zero-order chi connectivity index (χ0) is 20.9. The number of piperidine rings is 1. The molecule has 1 fully saturated rings. The number of benzene rings is 2. The highest BCUT2D eigenvalue weighted by Gasteiger charge is 2.28. The number of halogens is 1. The highest BCUT2D eigenvalue weighted by molar-refractivity contribution is 14.0. The van der Waals surface area contributed by atoms with Gasteiger partial charge in [-0.3, -0.25) is 0 Å². The Kier molecular flexibility index (Phi) is 9.11. The maximum atomic E-state index is 11.6. The van der Waals surface area contributed by atoms with Gasteiger partial charge in [0.25, 0.3) is 0 Å². The van der Waals surface area contributed by atoms with Crippen LogP contribution in [0.3, 0.4) is 0 Å². The van der Waals surface area contributed by atoms with E-state index in [-0.39, 0.29) is 28.9 Å². The average Bonchev–Trinajstić information content (AvgIpc) is 2.71. The minimum Gasteiger partial charge on any atom is -0.357 e. The van der Waals surface area contributed by atoms with Crippen molar-refractivity contribution in [1.29, 1.82) is 0 Å². The van der Waals surface area contributed by atoms with Crippen molar-refractivity contribution in [3.8, 4) is 0 Å². The van der Waals surface area contributed by atoms with Crippen LogP contribution >= 0.6 is 24.0 Å². The molecule has 0 aromatic heterocycles. The number of nitrogens with zero attached hydrogens (tertiary/aromatic N) is 2. The molecule has 0 saturated carbocycles. The van der Waals surface area contributed by atoms with Crippen LogP contribution in [0.4, 0.5) is 0 Å². The molecule has 2 atom stereocenters. The standard InChI is InChI=1S/C22H30N4O2S.HI/c1-3-24-22(25-15-18-8-7-11-20(14-18)29(23,27)28)26-13-12-21(17(2)16-26)19-9-5-4-6-10-19;/h4-11,14,17,21H,3,12-13,15-16H2,1-2H3,(H,24,25)(H2,23,27,28);1H. The first-order chi connectivity index (χ1) is 13.9. The Hall–Kier alpha value is -1.65. The number of nitrogens with one attached hydrogen (secondary N) is 1. The van der Waals surface area contributed by atoms with E-state index in [9.17, 15) is 8.42 Å². The van der Waals surface area contributed by atoms with Crippen molar-refractivity contribution in [3.63, 3.8) is 0 Å². The molecule has 3 N–H and O–H groups in total. The molecule has 8 heteroatoms. The molecule has 0 aliphatic carbocycles. The number of likely N-dealkylation sites (tertiary alicyclic amines) is 1. The third-order valence-electron chi connectivity index (χ3n) is 5.41. The molecule has 1 heterocycles. The van der Waals surface area contributed by atoms with Crippen molar-refractivity contribution in [2.75, 3.05) is 19.6 Å². The fourth-order valence-electron chi connectivity index (χ4n) is 3.95. The molecule has 0 radical (unpaired) electrons. The van der Waals surface area contributed by atoms with Gasteiger partial charge >= 0.3 is 0 Å². The second kappa shape index (κ2) is 11.1. The van der Waals surface area contributed by atoms with E-state index in [1.54, 1.807) is 12.1 Å². The van der Waals surface area contributed by atoms with Crippen molar-refractivity contribution < 1.29 is 8.42 Å². The van der Waals surface area contributed by atoms with Crippen LogP contribution < -0.4 is 10.5 Å². The van der Waals surface area contributed by atoms with Crippen LogP contribution in [0.25, 0.3) is 0 Å². The SMILES string of the molecule is CCNC(=NCc1cccc(S(N)(=O)=O)c1)N1CCC(c2ccccc2)C(C)C1.I. The summed E-state index contributed by atoms with van der Waals surface area (Å²) in [7, 11) is -3.71. The molecule has 3 rings (SSSR count). The van der Waals surface area contributed by atoms with Gasteiger partial charge in [0.15, 0.2) is 5.96 Å². The third-order valence-corrected chi connectivity index (χ3v) is 6.32. The number of hydrogen-bond donors (Lipinski definition) is 2. The van der Waals surface area contributed by atoms with Gasteiger partial charge in [0.2, 0.25) is 10.0 Å². The highest BCUT2D eigenvalue weighted by Crippen LogP contribution is 2.32. The van der Waals surface area contributed by atoms with Crippen LogP contribution in [0.15, 0.2) is 64.5 Å². The lowest BCUT2D eigenvalue weighted by molar-refractivity contribution is 0.234. The van der Waals surface area contributed by atoms with E-state index in [1.807, 2.05) is 6.07 Å². The van der Waals surface area contributed by atoms with E-state index in [1.165, 1.54) is 11.6 Å². The van der Waals surface area contributed by atoms with Gasteiger partial charge < -0.3 is 10.2 Å². The molecule has 0 spiro atoms. The van der Waals surface area contributed by atoms with Crippen LogP contribution in [0.2, 0.25) is 0 Å². The normalized spacial score (nSPS) is 19.8. The topological polar surface area (TPSA) is 87.8 Å². The fourth-order valence-corrected chi connectivity index (χ4v) is 4.53.